The van der Waals surface area contributed by atoms with E-state index in [1.807, 2.05) is 38.1 Å². The first-order valence-corrected chi connectivity index (χ1v) is 14.8. The van der Waals surface area contributed by atoms with Crippen LogP contribution in [0.4, 0.5) is 23.7 Å². The van der Waals surface area contributed by atoms with Crippen LogP contribution in [0.15, 0.2) is 77.7 Å². The van der Waals surface area contributed by atoms with Crippen molar-refractivity contribution in [1.29, 1.82) is 0 Å². The number of alkyl halides is 3. The molecule has 1 N–H and O–H groups in total. The number of halogens is 3. The second-order valence-corrected chi connectivity index (χ2v) is 11.5. The lowest BCUT2D eigenvalue weighted by atomic mass is 10.0. The maximum absolute atomic E-state index is 12.9. The third-order valence-electron chi connectivity index (χ3n) is 7.14. The molecule has 1 aliphatic rings. The van der Waals surface area contributed by atoms with Crippen molar-refractivity contribution in [1.82, 2.24) is 20.1 Å². The Morgan fingerprint density at radius 3 is 2.30 bits per heavy atom. The number of anilines is 1. The van der Waals surface area contributed by atoms with Gasteiger partial charge in [-0.1, -0.05) is 53.7 Å². The number of thioether (sulfide) groups is 1. The van der Waals surface area contributed by atoms with Gasteiger partial charge in [0.05, 0.1) is 5.69 Å². The third-order valence-corrected chi connectivity index (χ3v) is 8.10. The van der Waals surface area contributed by atoms with E-state index in [1.54, 1.807) is 11.8 Å². The van der Waals surface area contributed by atoms with Crippen molar-refractivity contribution in [3.63, 3.8) is 0 Å². The minimum absolute atomic E-state index is 0.314. The summed E-state index contributed by atoms with van der Waals surface area (Å²) in [6.45, 7) is 10.8. The fraction of sp³-hybridized carbons (Fsp3) is 0.250. The fourth-order valence-corrected chi connectivity index (χ4v) is 6.02. The molecule has 0 spiro atoms. The van der Waals surface area contributed by atoms with Gasteiger partial charge in [-0.2, -0.15) is 4.99 Å². The van der Waals surface area contributed by atoms with Crippen LogP contribution < -0.4 is 15.0 Å². The molecule has 0 atom stereocenters. The molecule has 1 fully saturated rings. The zero-order valence-electron chi connectivity index (χ0n) is 24.9. The quantitative estimate of drug-likeness (QED) is 0.237. The van der Waals surface area contributed by atoms with E-state index in [-0.39, 0.29) is 5.75 Å². The number of amides is 2. The monoisotopic (exact) mass is 620 g/mol. The van der Waals surface area contributed by atoms with E-state index in [0.717, 1.165) is 45.8 Å². The van der Waals surface area contributed by atoms with Gasteiger partial charge in [-0.15, -0.1) is 18.3 Å². The molecule has 1 aliphatic heterocycles. The minimum Gasteiger partial charge on any atom is -0.406 e. The minimum atomic E-state index is -4.75. The largest absolute Gasteiger partial charge is 0.573 e. The van der Waals surface area contributed by atoms with Gasteiger partial charge in [0.25, 0.3) is 0 Å². The molecule has 12 heteroatoms. The Labute approximate surface area is 257 Å². The molecule has 44 heavy (non-hydrogen) atoms. The first kappa shape index (κ1) is 30.9. The molecule has 8 nitrogen and oxygen atoms in total. The van der Waals surface area contributed by atoms with Crippen molar-refractivity contribution >= 4 is 34.2 Å². The van der Waals surface area contributed by atoms with Gasteiger partial charge < -0.3 is 15.0 Å². The van der Waals surface area contributed by atoms with E-state index in [4.69, 9.17) is 0 Å². The van der Waals surface area contributed by atoms with Crippen LogP contribution in [0, 0.1) is 20.8 Å². The average Bonchev–Trinajstić information content (AvgIpc) is 3.62. The van der Waals surface area contributed by atoms with E-state index in [1.165, 1.54) is 40.8 Å². The number of hydrogen-bond acceptors (Lipinski definition) is 5. The molecule has 1 saturated heterocycles. The molecular weight excluding hydrogens is 589 g/mol. The number of allylic oxidation sites excluding steroid dienone is 2. The van der Waals surface area contributed by atoms with Gasteiger partial charge in [0.15, 0.2) is 11.0 Å². The van der Waals surface area contributed by atoms with Crippen molar-refractivity contribution in [3.8, 4) is 22.8 Å². The van der Waals surface area contributed by atoms with Crippen LogP contribution in [0.1, 0.15) is 36.1 Å². The molecule has 228 valence electrons. The first-order valence-electron chi connectivity index (χ1n) is 13.8. The number of benzene rings is 3. The van der Waals surface area contributed by atoms with E-state index >= 15 is 0 Å². The first-order chi connectivity index (χ1) is 20.9. The number of amidine groups is 1. The van der Waals surface area contributed by atoms with E-state index < -0.39 is 12.4 Å². The normalized spacial score (nSPS) is 15.0. The SMILES string of the molecule is C/C(NC(=O)N=C1SCCN1c1c(C)cc(C)cc1C)=C(/C)c1ccc(-c2ncn(-c3ccc(OC(F)(F)F)cc3)n2)cc1. The molecular formula is C32H31F3N6O2S. The van der Waals surface area contributed by atoms with Crippen LogP contribution in [0.25, 0.3) is 22.6 Å². The Bertz CT molecular complexity index is 1720. The molecule has 2 amide bonds. The summed E-state index contributed by atoms with van der Waals surface area (Å²) in [5.74, 6) is 0.994. The van der Waals surface area contributed by atoms with Crippen molar-refractivity contribution in [2.24, 2.45) is 4.99 Å². The van der Waals surface area contributed by atoms with Crippen molar-refractivity contribution < 1.29 is 22.7 Å². The molecule has 4 aromatic rings. The van der Waals surface area contributed by atoms with Crippen LogP contribution in [-0.2, 0) is 0 Å². The molecule has 0 bridgehead atoms. The van der Waals surface area contributed by atoms with Gasteiger partial charge in [0.1, 0.15) is 12.1 Å². The number of aryl methyl sites for hydroxylation is 3. The maximum Gasteiger partial charge on any atom is 0.573 e. The second kappa shape index (κ2) is 12.6. The van der Waals surface area contributed by atoms with Crippen LogP contribution >= 0.6 is 11.8 Å². The molecule has 5 rings (SSSR count). The predicted octanol–water partition coefficient (Wildman–Crippen LogP) is 7.83. The van der Waals surface area contributed by atoms with E-state index in [2.05, 4.69) is 62.9 Å². The lowest BCUT2D eigenvalue weighted by molar-refractivity contribution is -0.274. The van der Waals surface area contributed by atoms with Gasteiger partial charge in [-0.25, -0.2) is 14.5 Å². The highest BCUT2D eigenvalue weighted by Crippen LogP contribution is 2.32. The summed E-state index contributed by atoms with van der Waals surface area (Å²) in [4.78, 5) is 23.8. The average molecular weight is 621 g/mol. The highest BCUT2D eigenvalue weighted by atomic mass is 32.2. The van der Waals surface area contributed by atoms with E-state index in [9.17, 15) is 18.0 Å². The van der Waals surface area contributed by atoms with Gasteiger partial charge in [-0.05, 0) is 81.1 Å². The van der Waals surface area contributed by atoms with Gasteiger partial charge in [0.2, 0.25) is 0 Å². The number of nitrogens with zero attached hydrogens (tertiary/aromatic N) is 5. The molecule has 0 saturated carbocycles. The fourth-order valence-electron chi connectivity index (χ4n) is 5.08. The maximum atomic E-state index is 12.9. The number of urea groups is 1. The highest BCUT2D eigenvalue weighted by molar-refractivity contribution is 8.14. The van der Waals surface area contributed by atoms with Crippen LogP contribution in [0.5, 0.6) is 5.75 Å². The number of aromatic nitrogens is 3. The van der Waals surface area contributed by atoms with Crippen molar-refractivity contribution in [2.75, 3.05) is 17.2 Å². The Hall–Kier alpha value is -4.58. The predicted molar refractivity (Wildman–Crippen MR) is 168 cm³/mol. The Balaban J connectivity index is 1.26. The summed E-state index contributed by atoms with van der Waals surface area (Å²) in [6, 6.07) is 16.8. The zero-order valence-corrected chi connectivity index (χ0v) is 25.7. The lowest BCUT2D eigenvalue weighted by Gasteiger charge is -2.23. The number of hydrogen-bond donors (Lipinski definition) is 1. The lowest BCUT2D eigenvalue weighted by Crippen LogP contribution is -2.28. The molecule has 2 heterocycles. The Kier molecular flexibility index (Phi) is 8.82. The number of carbonyl (C=O) groups is 1. The van der Waals surface area contributed by atoms with Crippen LogP contribution in [0.3, 0.4) is 0 Å². The third kappa shape index (κ3) is 7.13. The second-order valence-electron chi connectivity index (χ2n) is 10.5. The smallest absolute Gasteiger partial charge is 0.406 e. The summed E-state index contributed by atoms with van der Waals surface area (Å²) in [6.07, 6.45) is -3.27. The van der Waals surface area contributed by atoms with Crippen molar-refractivity contribution in [2.45, 2.75) is 41.0 Å². The number of carbonyl (C=O) groups excluding carboxylic acids is 1. The summed E-state index contributed by atoms with van der Waals surface area (Å²) in [5.41, 5.74) is 8.38. The van der Waals surface area contributed by atoms with Crippen LogP contribution in [0.2, 0.25) is 0 Å². The molecule has 3 aromatic carbocycles. The molecule has 0 aliphatic carbocycles. The molecule has 1 aromatic heterocycles. The van der Waals surface area contributed by atoms with E-state index in [0.29, 0.717) is 22.4 Å². The summed E-state index contributed by atoms with van der Waals surface area (Å²) in [5, 5.41) is 8.05. The van der Waals surface area contributed by atoms with Gasteiger partial charge >= 0.3 is 12.4 Å². The van der Waals surface area contributed by atoms with Gasteiger partial charge in [0, 0.05) is 29.2 Å². The molecule has 0 unspecified atom stereocenters. The Morgan fingerprint density at radius 2 is 1.66 bits per heavy atom. The standard InChI is InChI=1S/C32H31F3N6O2S/c1-19-16-20(2)28(21(3)17-19)40-14-15-44-31(40)38-30(42)37-23(5)22(4)24-6-8-25(9-7-24)29-36-18-41(39-29)26-10-12-27(13-11-26)43-32(33,34)35/h6-13,16-18H,14-15H2,1-5H3,(H,37,42)/b23-22+,38-31?. The molecule has 0 radical (unpaired) electrons. The zero-order chi connectivity index (χ0) is 31.6. The number of ether oxygens (including phenoxy) is 1. The van der Waals surface area contributed by atoms with Crippen LogP contribution in [-0.4, -0.2) is 44.6 Å². The highest BCUT2D eigenvalue weighted by Gasteiger charge is 2.31. The number of nitrogens with one attached hydrogen (secondary N) is 1. The van der Waals surface area contributed by atoms with Gasteiger partial charge in [-0.3, -0.25) is 0 Å². The Morgan fingerprint density at radius 1 is 1.00 bits per heavy atom. The summed E-state index contributed by atoms with van der Waals surface area (Å²) < 4.78 is 42.7. The summed E-state index contributed by atoms with van der Waals surface area (Å²) in [7, 11) is 0. The topological polar surface area (TPSA) is 84.6 Å². The number of aliphatic imine (C=N–C) groups is 1. The number of rotatable bonds is 6. The van der Waals surface area contributed by atoms with Crippen molar-refractivity contribution in [3.05, 3.63) is 94.9 Å². The summed E-state index contributed by atoms with van der Waals surface area (Å²) >= 11 is 1.57.